The molecule has 1 saturated carbocycles. The molecule has 0 spiro atoms. The van der Waals surface area contributed by atoms with E-state index in [1.54, 1.807) is 17.0 Å². The lowest BCUT2D eigenvalue weighted by Crippen LogP contribution is -2.45. The highest BCUT2D eigenvalue weighted by Crippen LogP contribution is 2.25. The van der Waals surface area contributed by atoms with Crippen LogP contribution < -0.4 is 5.32 Å². The summed E-state index contributed by atoms with van der Waals surface area (Å²) in [5.74, 6) is -1.59. The summed E-state index contributed by atoms with van der Waals surface area (Å²) in [6.07, 6.45) is 6.08. The second kappa shape index (κ2) is 7.91. The SMILES string of the molecule is Cc1ccnc2c(C(=O)N[C@H]3CCCCC3O)cn(Cc3cc(F)cc(F)c3)c12. The average Bonchev–Trinajstić information content (AvgIpc) is 3.02. The molecule has 0 bridgehead atoms. The number of hydrogen-bond donors (Lipinski definition) is 2. The number of hydrogen-bond acceptors (Lipinski definition) is 3. The second-order valence-corrected chi connectivity index (χ2v) is 7.71. The summed E-state index contributed by atoms with van der Waals surface area (Å²) in [5, 5.41) is 13.1. The molecule has 0 radical (unpaired) electrons. The molecular formula is C22H23F2N3O2. The Balaban J connectivity index is 1.70. The van der Waals surface area contributed by atoms with Crippen LogP contribution >= 0.6 is 0 Å². The molecular weight excluding hydrogens is 376 g/mol. The van der Waals surface area contributed by atoms with E-state index in [1.165, 1.54) is 12.1 Å². The molecule has 1 aliphatic rings. The topological polar surface area (TPSA) is 67.2 Å². The van der Waals surface area contributed by atoms with Crippen molar-refractivity contribution in [3.8, 4) is 0 Å². The van der Waals surface area contributed by atoms with Crippen molar-refractivity contribution in [2.24, 2.45) is 0 Å². The molecule has 2 atom stereocenters. The number of amides is 1. The molecule has 1 aliphatic carbocycles. The Morgan fingerprint density at radius 3 is 2.69 bits per heavy atom. The van der Waals surface area contributed by atoms with Gasteiger partial charge in [-0.05, 0) is 49.1 Å². The van der Waals surface area contributed by atoms with E-state index >= 15 is 0 Å². The van der Waals surface area contributed by atoms with Crippen molar-refractivity contribution in [1.29, 1.82) is 0 Å². The van der Waals surface area contributed by atoms with E-state index in [-0.39, 0.29) is 18.5 Å². The summed E-state index contributed by atoms with van der Waals surface area (Å²) in [5.41, 5.74) is 3.02. The Bertz CT molecular complexity index is 1040. The van der Waals surface area contributed by atoms with Crippen LogP contribution in [0, 0.1) is 18.6 Å². The summed E-state index contributed by atoms with van der Waals surface area (Å²) in [6, 6.07) is 4.93. The maximum Gasteiger partial charge on any atom is 0.255 e. The predicted molar refractivity (Wildman–Crippen MR) is 106 cm³/mol. The number of fused-ring (bicyclic) bond motifs is 1. The van der Waals surface area contributed by atoms with Crippen LogP contribution in [0.5, 0.6) is 0 Å². The van der Waals surface area contributed by atoms with Gasteiger partial charge in [-0.25, -0.2) is 8.78 Å². The Hall–Kier alpha value is -2.80. The number of aliphatic hydroxyl groups is 1. The number of pyridine rings is 1. The number of benzene rings is 1. The maximum atomic E-state index is 13.6. The predicted octanol–water partition coefficient (Wildman–Crippen LogP) is 3.70. The molecule has 2 aromatic heterocycles. The zero-order chi connectivity index (χ0) is 20.5. The number of aliphatic hydroxyl groups excluding tert-OH is 1. The van der Waals surface area contributed by atoms with Gasteiger partial charge in [-0.1, -0.05) is 12.8 Å². The van der Waals surface area contributed by atoms with Gasteiger partial charge in [0.2, 0.25) is 0 Å². The van der Waals surface area contributed by atoms with Crippen molar-refractivity contribution in [1.82, 2.24) is 14.9 Å². The highest BCUT2D eigenvalue weighted by molar-refractivity contribution is 6.06. The number of nitrogens with zero attached hydrogens (tertiary/aromatic N) is 2. The Kier molecular flexibility index (Phi) is 5.32. The summed E-state index contributed by atoms with van der Waals surface area (Å²) in [7, 11) is 0. The van der Waals surface area contributed by atoms with Gasteiger partial charge in [0.25, 0.3) is 5.91 Å². The lowest BCUT2D eigenvalue weighted by atomic mass is 9.92. The van der Waals surface area contributed by atoms with Crippen molar-refractivity contribution >= 4 is 16.9 Å². The molecule has 4 rings (SSSR count). The molecule has 7 heteroatoms. The molecule has 0 aliphatic heterocycles. The van der Waals surface area contributed by atoms with E-state index in [9.17, 15) is 18.7 Å². The van der Waals surface area contributed by atoms with Gasteiger partial charge < -0.3 is 15.0 Å². The van der Waals surface area contributed by atoms with E-state index in [0.717, 1.165) is 36.4 Å². The lowest BCUT2D eigenvalue weighted by molar-refractivity contribution is 0.0718. The molecule has 2 N–H and O–H groups in total. The van der Waals surface area contributed by atoms with Crippen LogP contribution in [-0.4, -0.2) is 32.7 Å². The van der Waals surface area contributed by atoms with Gasteiger partial charge in [0.1, 0.15) is 17.2 Å². The first-order chi connectivity index (χ1) is 13.9. The molecule has 0 saturated heterocycles. The van der Waals surface area contributed by atoms with E-state index < -0.39 is 17.7 Å². The van der Waals surface area contributed by atoms with Gasteiger partial charge in [-0.2, -0.15) is 0 Å². The third kappa shape index (κ3) is 4.00. The minimum Gasteiger partial charge on any atom is -0.391 e. The summed E-state index contributed by atoms with van der Waals surface area (Å²) in [4.78, 5) is 17.3. The lowest BCUT2D eigenvalue weighted by Gasteiger charge is -2.28. The number of aromatic nitrogens is 2. The third-order valence-electron chi connectivity index (χ3n) is 5.52. The van der Waals surface area contributed by atoms with Crippen molar-refractivity contribution < 1.29 is 18.7 Å². The minimum absolute atomic E-state index is 0.205. The Morgan fingerprint density at radius 2 is 1.97 bits per heavy atom. The molecule has 152 valence electrons. The van der Waals surface area contributed by atoms with Crippen LogP contribution in [-0.2, 0) is 6.54 Å². The normalized spacial score (nSPS) is 19.4. The second-order valence-electron chi connectivity index (χ2n) is 7.71. The first-order valence-electron chi connectivity index (χ1n) is 9.80. The van der Waals surface area contributed by atoms with E-state index in [1.807, 2.05) is 13.0 Å². The van der Waals surface area contributed by atoms with Crippen LogP contribution in [0.2, 0.25) is 0 Å². The molecule has 1 amide bonds. The number of nitrogens with one attached hydrogen (secondary N) is 1. The van der Waals surface area contributed by atoms with Gasteiger partial charge in [0.15, 0.2) is 0 Å². The largest absolute Gasteiger partial charge is 0.391 e. The minimum atomic E-state index is -0.643. The Labute approximate surface area is 167 Å². The summed E-state index contributed by atoms with van der Waals surface area (Å²) >= 11 is 0. The zero-order valence-corrected chi connectivity index (χ0v) is 16.2. The molecule has 29 heavy (non-hydrogen) atoms. The summed E-state index contributed by atoms with van der Waals surface area (Å²) in [6.45, 7) is 2.11. The first-order valence-corrected chi connectivity index (χ1v) is 9.80. The molecule has 1 aromatic carbocycles. The van der Waals surface area contributed by atoms with Gasteiger partial charge in [-0.15, -0.1) is 0 Å². The van der Waals surface area contributed by atoms with Crippen LogP contribution in [0.3, 0.4) is 0 Å². The third-order valence-corrected chi connectivity index (χ3v) is 5.52. The van der Waals surface area contributed by atoms with Crippen molar-refractivity contribution in [2.75, 3.05) is 0 Å². The van der Waals surface area contributed by atoms with Gasteiger partial charge in [0, 0.05) is 25.0 Å². The molecule has 2 heterocycles. The number of halogens is 2. The van der Waals surface area contributed by atoms with Crippen LogP contribution in [0.1, 0.15) is 47.2 Å². The monoisotopic (exact) mass is 399 g/mol. The number of carbonyl (C=O) groups excluding carboxylic acids is 1. The van der Waals surface area contributed by atoms with Crippen molar-refractivity contribution in [2.45, 2.75) is 51.3 Å². The maximum absolute atomic E-state index is 13.6. The van der Waals surface area contributed by atoms with Gasteiger partial charge >= 0.3 is 0 Å². The molecule has 5 nitrogen and oxygen atoms in total. The van der Waals surface area contributed by atoms with Gasteiger partial charge in [-0.3, -0.25) is 9.78 Å². The first kappa shape index (κ1) is 19.5. The quantitative estimate of drug-likeness (QED) is 0.703. The number of carbonyl (C=O) groups is 1. The van der Waals surface area contributed by atoms with Crippen molar-refractivity contribution in [3.63, 3.8) is 0 Å². The molecule has 1 fully saturated rings. The van der Waals surface area contributed by atoms with E-state index in [4.69, 9.17) is 0 Å². The fourth-order valence-electron chi connectivity index (χ4n) is 4.11. The smallest absolute Gasteiger partial charge is 0.255 e. The van der Waals surface area contributed by atoms with Crippen LogP contribution in [0.4, 0.5) is 8.78 Å². The highest BCUT2D eigenvalue weighted by Gasteiger charge is 2.26. The average molecular weight is 399 g/mol. The van der Waals surface area contributed by atoms with Crippen LogP contribution in [0.15, 0.2) is 36.7 Å². The highest BCUT2D eigenvalue weighted by atomic mass is 19.1. The number of aryl methyl sites for hydroxylation is 1. The van der Waals surface area contributed by atoms with E-state index in [0.29, 0.717) is 23.1 Å². The van der Waals surface area contributed by atoms with Gasteiger partial charge in [0.05, 0.1) is 23.2 Å². The molecule has 1 unspecified atom stereocenters. The molecule has 3 aromatic rings. The number of rotatable bonds is 4. The van der Waals surface area contributed by atoms with E-state index in [2.05, 4.69) is 10.3 Å². The standard InChI is InChI=1S/C22H23F2N3O2/c1-13-6-7-25-20-17(22(29)26-18-4-2-3-5-19(18)28)12-27(21(13)20)11-14-8-15(23)10-16(24)9-14/h6-10,12,18-19,28H,2-5,11H2,1H3,(H,26,29)/t18-,19?/m0/s1. The summed E-state index contributed by atoms with van der Waals surface area (Å²) < 4.78 is 29.0. The fraction of sp³-hybridized carbons (Fsp3) is 0.364. The zero-order valence-electron chi connectivity index (χ0n) is 16.2. The Morgan fingerprint density at radius 1 is 1.24 bits per heavy atom. The van der Waals surface area contributed by atoms with Crippen LogP contribution in [0.25, 0.3) is 11.0 Å². The fourth-order valence-corrected chi connectivity index (χ4v) is 4.11. The van der Waals surface area contributed by atoms with Crippen molar-refractivity contribution in [3.05, 3.63) is 65.0 Å².